The van der Waals surface area contributed by atoms with Crippen LogP contribution in [0.4, 0.5) is 8.78 Å². The second kappa shape index (κ2) is 24.7. The molecule has 1 aliphatic heterocycles. The zero-order chi connectivity index (χ0) is 22.3. The molecule has 7 heteroatoms. The molecule has 1 heterocycles. The molecule has 0 aromatic carbocycles. The van der Waals surface area contributed by atoms with Crippen LogP contribution in [0.25, 0.3) is 0 Å². The van der Waals surface area contributed by atoms with E-state index >= 15 is 0 Å². The molecule has 1 rings (SSSR count). The van der Waals surface area contributed by atoms with E-state index in [-0.39, 0.29) is 6.54 Å². The number of unbranched alkanes of at least 4 members (excludes halogenated alkanes) is 1. The average Bonchev–Trinajstić information content (AvgIpc) is 2.74. The maximum atomic E-state index is 13.1. The predicted molar refractivity (Wildman–Crippen MR) is 118 cm³/mol. The Bertz CT molecular complexity index is 278. The standard InChI is InChI=1S/C15H31F2N3O2.3C2H6/c1-18-13-15(16,17)14-22-11-4-3-5-19-6-8-20(9-7-19)10-12-21-2;3*1-2/h18H,3-14H2,1-2H3;3*1-2H3. The van der Waals surface area contributed by atoms with Crippen molar-refractivity contribution in [2.75, 3.05) is 79.8 Å². The van der Waals surface area contributed by atoms with Gasteiger partial charge in [-0.3, -0.25) is 4.90 Å². The van der Waals surface area contributed by atoms with Crippen molar-refractivity contribution >= 4 is 0 Å². The third-order valence-corrected chi connectivity index (χ3v) is 3.84. The van der Waals surface area contributed by atoms with Crippen molar-refractivity contribution in [3.05, 3.63) is 0 Å². The van der Waals surface area contributed by atoms with Gasteiger partial charge < -0.3 is 19.7 Å². The van der Waals surface area contributed by atoms with Gasteiger partial charge >= 0.3 is 0 Å². The van der Waals surface area contributed by atoms with E-state index in [1.54, 1.807) is 7.11 Å². The zero-order valence-electron chi connectivity index (χ0n) is 20.0. The molecule has 174 valence electrons. The molecule has 0 spiro atoms. The van der Waals surface area contributed by atoms with Crippen LogP contribution in [0.1, 0.15) is 54.4 Å². The lowest BCUT2D eigenvalue weighted by atomic mass is 10.2. The Morgan fingerprint density at radius 1 is 0.821 bits per heavy atom. The molecule has 28 heavy (non-hydrogen) atoms. The maximum Gasteiger partial charge on any atom is 0.283 e. The Morgan fingerprint density at radius 2 is 1.32 bits per heavy atom. The highest BCUT2D eigenvalue weighted by molar-refractivity contribution is 4.71. The van der Waals surface area contributed by atoms with Crippen molar-refractivity contribution in [2.24, 2.45) is 0 Å². The number of nitrogens with one attached hydrogen (secondary N) is 1. The molecule has 0 atom stereocenters. The minimum absolute atomic E-state index is 0.333. The van der Waals surface area contributed by atoms with Crippen LogP contribution in [0.2, 0.25) is 0 Å². The second-order valence-corrected chi connectivity index (χ2v) is 5.82. The van der Waals surface area contributed by atoms with Crippen LogP contribution in [0.15, 0.2) is 0 Å². The van der Waals surface area contributed by atoms with E-state index < -0.39 is 12.5 Å². The lowest BCUT2D eigenvalue weighted by Crippen LogP contribution is -2.47. The van der Waals surface area contributed by atoms with Gasteiger partial charge in [-0.2, -0.15) is 0 Å². The van der Waals surface area contributed by atoms with Gasteiger partial charge in [0.25, 0.3) is 5.92 Å². The van der Waals surface area contributed by atoms with Gasteiger partial charge in [-0.25, -0.2) is 8.78 Å². The highest BCUT2D eigenvalue weighted by Gasteiger charge is 2.27. The molecule has 0 aromatic rings. The first kappa shape index (κ1) is 32.3. The Hall–Kier alpha value is -0.340. The minimum Gasteiger partial charge on any atom is -0.383 e. The molecule has 0 amide bonds. The first-order chi connectivity index (χ1) is 13.6. The van der Waals surface area contributed by atoms with Crippen LogP contribution in [0.5, 0.6) is 0 Å². The van der Waals surface area contributed by atoms with Gasteiger partial charge in [-0.15, -0.1) is 0 Å². The number of rotatable bonds is 12. The summed E-state index contributed by atoms with van der Waals surface area (Å²) in [7, 11) is 3.25. The molecule has 1 aliphatic rings. The van der Waals surface area contributed by atoms with Gasteiger partial charge in [0.05, 0.1) is 13.2 Å². The summed E-state index contributed by atoms with van der Waals surface area (Å²) in [6, 6.07) is 0. The van der Waals surface area contributed by atoms with Gasteiger partial charge in [0.15, 0.2) is 0 Å². The molecule has 1 fully saturated rings. The SMILES string of the molecule is CC.CC.CC.CNCC(F)(F)COCCCCN1CCN(CCOC)CC1. The lowest BCUT2D eigenvalue weighted by Gasteiger charge is -2.34. The van der Waals surface area contributed by atoms with E-state index in [0.29, 0.717) is 6.61 Å². The molecule has 0 bridgehead atoms. The third kappa shape index (κ3) is 20.4. The number of ether oxygens (including phenoxy) is 2. The quantitative estimate of drug-likeness (QED) is 0.490. The number of hydrogen-bond donors (Lipinski definition) is 1. The molecule has 0 aromatic heterocycles. The van der Waals surface area contributed by atoms with Crippen LogP contribution in [0, 0.1) is 0 Å². The summed E-state index contributed by atoms with van der Waals surface area (Å²) in [6.45, 7) is 18.7. The van der Waals surface area contributed by atoms with E-state index in [9.17, 15) is 8.78 Å². The Morgan fingerprint density at radius 3 is 1.79 bits per heavy atom. The maximum absolute atomic E-state index is 13.1. The number of alkyl halides is 2. The van der Waals surface area contributed by atoms with Gasteiger partial charge in [0.1, 0.15) is 6.61 Å². The van der Waals surface area contributed by atoms with Crippen molar-refractivity contribution in [2.45, 2.75) is 60.3 Å². The van der Waals surface area contributed by atoms with E-state index in [2.05, 4.69) is 15.1 Å². The van der Waals surface area contributed by atoms with E-state index in [0.717, 1.165) is 58.7 Å². The first-order valence-electron chi connectivity index (χ1n) is 11.1. The molecular formula is C21H49F2N3O2. The van der Waals surface area contributed by atoms with Crippen molar-refractivity contribution in [1.82, 2.24) is 15.1 Å². The fourth-order valence-corrected chi connectivity index (χ4v) is 2.53. The second-order valence-electron chi connectivity index (χ2n) is 5.82. The van der Waals surface area contributed by atoms with Crippen LogP contribution in [-0.4, -0.2) is 95.5 Å². The fourth-order valence-electron chi connectivity index (χ4n) is 2.53. The molecule has 1 saturated heterocycles. The Balaban J connectivity index is -0.000000946. The Kier molecular flexibility index (Phi) is 28.5. The minimum atomic E-state index is -2.77. The lowest BCUT2D eigenvalue weighted by molar-refractivity contribution is -0.0742. The summed E-state index contributed by atoms with van der Waals surface area (Å²) in [6.07, 6.45) is 1.83. The van der Waals surface area contributed by atoms with Gasteiger partial charge in [0, 0.05) is 46.4 Å². The van der Waals surface area contributed by atoms with Gasteiger partial charge in [-0.1, -0.05) is 41.5 Å². The molecule has 1 N–H and O–H groups in total. The summed E-state index contributed by atoms with van der Waals surface area (Å²) >= 11 is 0. The number of methoxy groups -OCH3 is 1. The molecular weight excluding hydrogens is 364 g/mol. The highest BCUT2D eigenvalue weighted by atomic mass is 19.3. The number of nitrogens with zero attached hydrogens (tertiary/aromatic N) is 2. The molecule has 5 nitrogen and oxygen atoms in total. The van der Waals surface area contributed by atoms with E-state index in [4.69, 9.17) is 9.47 Å². The van der Waals surface area contributed by atoms with Crippen LogP contribution < -0.4 is 5.32 Å². The number of hydrogen-bond acceptors (Lipinski definition) is 5. The predicted octanol–water partition coefficient (Wildman–Crippen LogP) is 3.98. The molecule has 0 radical (unpaired) electrons. The summed E-state index contributed by atoms with van der Waals surface area (Å²) in [5.74, 6) is -2.77. The smallest absolute Gasteiger partial charge is 0.283 e. The number of halogens is 2. The van der Waals surface area contributed by atoms with Crippen molar-refractivity contribution in [1.29, 1.82) is 0 Å². The summed E-state index contributed by atoms with van der Waals surface area (Å²) in [5.41, 5.74) is 0. The Labute approximate surface area is 174 Å². The van der Waals surface area contributed by atoms with Crippen LogP contribution in [0.3, 0.4) is 0 Å². The molecule has 0 unspecified atom stereocenters. The van der Waals surface area contributed by atoms with Crippen molar-refractivity contribution in [3.63, 3.8) is 0 Å². The topological polar surface area (TPSA) is 37.0 Å². The number of piperazine rings is 1. The summed E-state index contributed by atoms with van der Waals surface area (Å²) < 4.78 is 36.4. The molecule has 0 aliphatic carbocycles. The van der Waals surface area contributed by atoms with E-state index in [1.165, 1.54) is 7.05 Å². The zero-order valence-corrected chi connectivity index (χ0v) is 20.0. The third-order valence-electron chi connectivity index (χ3n) is 3.84. The largest absolute Gasteiger partial charge is 0.383 e. The summed E-state index contributed by atoms with van der Waals surface area (Å²) in [5, 5.41) is 2.47. The van der Waals surface area contributed by atoms with Crippen LogP contribution >= 0.6 is 0 Å². The van der Waals surface area contributed by atoms with E-state index in [1.807, 2.05) is 41.5 Å². The normalized spacial score (nSPS) is 14.8. The monoisotopic (exact) mass is 413 g/mol. The molecule has 0 saturated carbocycles. The first-order valence-corrected chi connectivity index (χ1v) is 11.1. The van der Waals surface area contributed by atoms with Crippen LogP contribution in [-0.2, 0) is 9.47 Å². The average molecular weight is 414 g/mol. The van der Waals surface area contributed by atoms with Gasteiger partial charge in [0.2, 0.25) is 0 Å². The van der Waals surface area contributed by atoms with Crippen molar-refractivity contribution < 1.29 is 18.3 Å². The summed E-state index contributed by atoms with van der Waals surface area (Å²) in [4.78, 5) is 4.84. The highest BCUT2D eigenvalue weighted by Crippen LogP contribution is 2.12. The van der Waals surface area contributed by atoms with Gasteiger partial charge in [-0.05, 0) is 26.4 Å². The fraction of sp³-hybridized carbons (Fsp3) is 1.00. The van der Waals surface area contributed by atoms with Crippen molar-refractivity contribution in [3.8, 4) is 0 Å².